The van der Waals surface area contributed by atoms with Gasteiger partial charge in [0.25, 0.3) is 0 Å². The van der Waals surface area contributed by atoms with E-state index in [1.54, 1.807) is 0 Å². The average Bonchev–Trinajstić information content (AvgIpc) is 3.13. The van der Waals surface area contributed by atoms with Gasteiger partial charge in [-0.2, -0.15) is 10.1 Å². The molecule has 0 radical (unpaired) electrons. The topological polar surface area (TPSA) is 77.1 Å². The minimum absolute atomic E-state index is 0.188. The van der Waals surface area contributed by atoms with E-state index < -0.39 is 0 Å². The SMILES string of the molecule is Cc1cnn(CCC(=O)N2CCC(c3nc(C)no3)CC2)c1. The Morgan fingerprint density at radius 1 is 1.36 bits per heavy atom. The Labute approximate surface area is 129 Å². The Bertz CT molecular complexity index is 640. The third-order valence-corrected chi connectivity index (χ3v) is 4.06. The molecular formula is C15H21N5O2. The summed E-state index contributed by atoms with van der Waals surface area (Å²) in [7, 11) is 0. The van der Waals surface area contributed by atoms with E-state index in [-0.39, 0.29) is 11.8 Å². The summed E-state index contributed by atoms with van der Waals surface area (Å²) in [6.45, 7) is 5.96. The van der Waals surface area contributed by atoms with Crippen LogP contribution in [0.25, 0.3) is 0 Å². The number of nitrogens with zero attached hydrogens (tertiary/aromatic N) is 5. The zero-order chi connectivity index (χ0) is 15.5. The van der Waals surface area contributed by atoms with Crippen molar-refractivity contribution in [2.75, 3.05) is 13.1 Å². The number of carbonyl (C=O) groups is 1. The summed E-state index contributed by atoms with van der Waals surface area (Å²) in [5, 5.41) is 8.04. The van der Waals surface area contributed by atoms with Crippen LogP contribution in [0, 0.1) is 13.8 Å². The van der Waals surface area contributed by atoms with Gasteiger partial charge in [-0.05, 0) is 32.3 Å². The van der Waals surface area contributed by atoms with Crippen LogP contribution in [0.5, 0.6) is 0 Å². The summed E-state index contributed by atoms with van der Waals surface area (Å²) in [5.41, 5.74) is 1.11. The van der Waals surface area contributed by atoms with Crippen LogP contribution in [0.2, 0.25) is 0 Å². The molecule has 0 spiro atoms. The second-order valence-electron chi connectivity index (χ2n) is 5.87. The van der Waals surface area contributed by atoms with Crippen molar-refractivity contribution < 1.29 is 9.32 Å². The summed E-state index contributed by atoms with van der Waals surface area (Å²) in [5.74, 6) is 1.84. The fraction of sp³-hybridized carbons (Fsp3) is 0.600. The molecule has 7 nitrogen and oxygen atoms in total. The van der Waals surface area contributed by atoms with Crippen LogP contribution in [0.15, 0.2) is 16.9 Å². The van der Waals surface area contributed by atoms with Gasteiger partial charge in [-0.25, -0.2) is 0 Å². The van der Waals surface area contributed by atoms with Gasteiger partial charge in [0.15, 0.2) is 5.82 Å². The minimum Gasteiger partial charge on any atom is -0.343 e. The van der Waals surface area contributed by atoms with E-state index in [4.69, 9.17) is 4.52 Å². The molecule has 0 aromatic carbocycles. The van der Waals surface area contributed by atoms with Gasteiger partial charge in [0.2, 0.25) is 11.8 Å². The molecule has 1 amide bonds. The van der Waals surface area contributed by atoms with Crippen LogP contribution >= 0.6 is 0 Å². The summed E-state index contributed by atoms with van der Waals surface area (Å²) in [6, 6.07) is 0. The molecule has 3 rings (SSSR count). The van der Waals surface area contributed by atoms with Crippen molar-refractivity contribution in [3.05, 3.63) is 29.7 Å². The third-order valence-electron chi connectivity index (χ3n) is 4.06. The Balaban J connectivity index is 1.47. The standard InChI is InChI=1S/C15H21N5O2/c1-11-9-16-20(10-11)8-5-14(21)19-6-3-13(4-7-19)15-17-12(2)18-22-15/h9-10,13H,3-8H2,1-2H3. The van der Waals surface area contributed by atoms with Crippen molar-refractivity contribution >= 4 is 5.91 Å². The molecule has 0 unspecified atom stereocenters. The first kappa shape index (κ1) is 14.7. The molecule has 1 saturated heterocycles. The first-order valence-electron chi connectivity index (χ1n) is 7.69. The molecule has 0 aliphatic carbocycles. The summed E-state index contributed by atoms with van der Waals surface area (Å²) >= 11 is 0. The number of aryl methyl sites for hydroxylation is 3. The second kappa shape index (κ2) is 6.29. The van der Waals surface area contributed by atoms with Crippen molar-refractivity contribution in [1.82, 2.24) is 24.8 Å². The van der Waals surface area contributed by atoms with Gasteiger partial charge in [-0.1, -0.05) is 5.16 Å². The van der Waals surface area contributed by atoms with Gasteiger partial charge < -0.3 is 9.42 Å². The van der Waals surface area contributed by atoms with Crippen LogP contribution in [-0.4, -0.2) is 43.8 Å². The van der Waals surface area contributed by atoms with Gasteiger partial charge in [0.1, 0.15) is 0 Å². The highest BCUT2D eigenvalue weighted by Gasteiger charge is 2.26. The zero-order valence-electron chi connectivity index (χ0n) is 13.0. The highest BCUT2D eigenvalue weighted by Crippen LogP contribution is 2.26. The number of hydrogen-bond donors (Lipinski definition) is 0. The number of hydrogen-bond acceptors (Lipinski definition) is 5. The Morgan fingerprint density at radius 2 is 2.14 bits per heavy atom. The fourth-order valence-corrected chi connectivity index (χ4v) is 2.81. The number of likely N-dealkylation sites (tertiary alicyclic amines) is 1. The first-order chi connectivity index (χ1) is 10.6. The van der Waals surface area contributed by atoms with Gasteiger partial charge >= 0.3 is 0 Å². The number of amides is 1. The molecule has 2 aromatic heterocycles. The average molecular weight is 303 g/mol. The number of carbonyl (C=O) groups excluding carboxylic acids is 1. The van der Waals surface area contributed by atoms with E-state index in [1.165, 1.54) is 0 Å². The lowest BCUT2D eigenvalue weighted by Crippen LogP contribution is -2.38. The smallest absolute Gasteiger partial charge is 0.229 e. The predicted octanol–water partition coefficient (Wildman–Crippen LogP) is 1.68. The van der Waals surface area contributed by atoms with Crippen LogP contribution in [0.4, 0.5) is 0 Å². The molecule has 3 heterocycles. The van der Waals surface area contributed by atoms with Gasteiger partial charge in [-0.15, -0.1) is 0 Å². The third kappa shape index (κ3) is 3.35. The second-order valence-corrected chi connectivity index (χ2v) is 5.87. The summed E-state index contributed by atoms with van der Waals surface area (Å²) < 4.78 is 7.05. The predicted molar refractivity (Wildman–Crippen MR) is 79.2 cm³/mol. The number of rotatable bonds is 4. The van der Waals surface area contributed by atoms with Crippen molar-refractivity contribution in [1.29, 1.82) is 0 Å². The molecule has 0 saturated carbocycles. The molecular weight excluding hydrogens is 282 g/mol. The lowest BCUT2D eigenvalue weighted by Gasteiger charge is -2.30. The zero-order valence-corrected chi connectivity index (χ0v) is 13.0. The molecule has 22 heavy (non-hydrogen) atoms. The highest BCUT2D eigenvalue weighted by atomic mass is 16.5. The molecule has 118 valence electrons. The van der Waals surface area contributed by atoms with Crippen LogP contribution in [0.1, 0.15) is 42.5 Å². The fourth-order valence-electron chi connectivity index (χ4n) is 2.81. The Hall–Kier alpha value is -2.18. The van der Waals surface area contributed by atoms with Crippen molar-refractivity contribution in [3.8, 4) is 0 Å². The van der Waals surface area contributed by atoms with E-state index >= 15 is 0 Å². The maximum absolute atomic E-state index is 12.3. The van der Waals surface area contributed by atoms with Crippen molar-refractivity contribution in [2.45, 2.75) is 45.6 Å². The normalized spacial score (nSPS) is 16.2. The highest BCUT2D eigenvalue weighted by molar-refractivity contribution is 5.76. The maximum Gasteiger partial charge on any atom is 0.229 e. The van der Waals surface area contributed by atoms with E-state index in [0.717, 1.165) is 31.5 Å². The molecule has 1 aliphatic rings. The van der Waals surface area contributed by atoms with E-state index in [2.05, 4.69) is 15.2 Å². The van der Waals surface area contributed by atoms with Crippen LogP contribution in [-0.2, 0) is 11.3 Å². The molecule has 0 atom stereocenters. The monoisotopic (exact) mass is 303 g/mol. The van der Waals surface area contributed by atoms with Gasteiger partial charge in [0, 0.05) is 38.2 Å². The Morgan fingerprint density at radius 3 is 2.73 bits per heavy atom. The lowest BCUT2D eigenvalue weighted by atomic mass is 9.96. The molecule has 2 aromatic rings. The largest absolute Gasteiger partial charge is 0.343 e. The quantitative estimate of drug-likeness (QED) is 0.859. The number of piperidine rings is 1. The molecule has 1 fully saturated rings. The number of aromatic nitrogens is 4. The first-order valence-corrected chi connectivity index (χ1v) is 7.69. The Kier molecular flexibility index (Phi) is 4.22. The maximum atomic E-state index is 12.3. The van der Waals surface area contributed by atoms with E-state index in [9.17, 15) is 4.79 Å². The lowest BCUT2D eigenvalue weighted by molar-refractivity contribution is -0.132. The summed E-state index contributed by atoms with van der Waals surface area (Å²) in [4.78, 5) is 18.5. The van der Waals surface area contributed by atoms with E-state index in [1.807, 2.05) is 35.8 Å². The molecule has 0 N–H and O–H groups in total. The van der Waals surface area contributed by atoms with Gasteiger partial charge in [0.05, 0.1) is 6.20 Å². The van der Waals surface area contributed by atoms with Crippen molar-refractivity contribution in [2.24, 2.45) is 0 Å². The van der Waals surface area contributed by atoms with Gasteiger partial charge in [-0.3, -0.25) is 9.48 Å². The summed E-state index contributed by atoms with van der Waals surface area (Å²) in [6.07, 6.45) is 6.02. The molecule has 7 heteroatoms. The molecule has 1 aliphatic heterocycles. The van der Waals surface area contributed by atoms with Crippen LogP contribution in [0.3, 0.4) is 0 Å². The molecule has 0 bridgehead atoms. The minimum atomic E-state index is 0.188. The van der Waals surface area contributed by atoms with E-state index in [0.29, 0.717) is 24.7 Å². The van der Waals surface area contributed by atoms with Crippen molar-refractivity contribution in [3.63, 3.8) is 0 Å². The van der Waals surface area contributed by atoms with Crippen LogP contribution < -0.4 is 0 Å².